The maximum Gasteiger partial charge on any atom is 0.223 e. The second-order valence-corrected chi connectivity index (χ2v) is 7.17. The number of carbonyl (C=O) groups excluding carboxylic acids is 2. The van der Waals surface area contributed by atoms with Crippen LogP contribution in [0, 0.1) is 5.82 Å². The first-order valence-corrected chi connectivity index (χ1v) is 9.86. The second-order valence-electron chi connectivity index (χ2n) is 7.17. The summed E-state index contributed by atoms with van der Waals surface area (Å²) in [6, 6.07) is 11.5. The Hall–Kier alpha value is -2.89. The molecule has 0 saturated carbocycles. The van der Waals surface area contributed by atoms with E-state index < -0.39 is 0 Å². The molecule has 0 aliphatic carbocycles. The molecule has 1 atom stereocenters. The van der Waals surface area contributed by atoms with E-state index in [9.17, 15) is 14.0 Å². The Kier molecular flexibility index (Phi) is 6.86. The van der Waals surface area contributed by atoms with Crippen molar-refractivity contribution in [2.75, 3.05) is 20.3 Å². The highest BCUT2D eigenvalue weighted by Crippen LogP contribution is 2.33. The van der Waals surface area contributed by atoms with Crippen molar-refractivity contribution in [2.24, 2.45) is 0 Å². The Morgan fingerprint density at radius 1 is 1.14 bits per heavy atom. The molecule has 1 amide bonds. The Bertz CT molecular complexity index is 866. The molecule has 154 valence electrons. The topological polar surface area (TPSA) is 55.8 Å². The van der Waals surface area contributed by atoms with Crippen LogP contribution in [0.5, 0.6) is 11.5 Å². The number of rotatable bonds is 8. The van der Waals surface area contributed by atoms with Gasteiger partial charge in [0.05, 0.1) is 19.8 Å². The summed E-state index contributed by atoms with van der Waals surface area (Å²) in [5.41, 5.74) is 1.54. The molecular weight excluding hydrogens is 373 g/mol. The minimum absolute atomic E-state index is 0.0169. The number of amides is 1. The van der Waals surface area contributed by atoms with E-state index in [-0.39, 0.29) is 23.5 Å². The predicted molar refractivity (Wildman–Crippen MR) is 108 cm³/mol. The predicted octanol–water partition coefficient (Wildman–Crippen LogP) is 4.56. The van der Waals surface area contributed by atoms with Crippen molar-refractivity contribution in [1.82, 2.24) is 4.90 Å². The van der Waals surface area contributed by atoms with Crippen molar-refractivity contribution >= 4 is 11.7 Å². The first kappa shape index (κ1) is 20.8. The van der Waals surface area contributed by atoms with Crippen molar-refractivity contribution < 1.29 is 23.5 Å². The summed E-state index contributed by atoms with van der Waals surface area (Å²) in [6.07, 6.45) is 2.80. The van der Waals surface area contributed by atoms with Gasteiger partial charge in [0, 0.05) is 18.5 Å². The number of halogens is 1. The minimum Gasteiger partial charge on any atom is -0.493 e. The Balaban J connectivity index is 1.52. The van der Waals surface area contributed by atoms with Gasteiger partial charge in [0.2, 0.25) is 5.91 Å². The second kappa shape index (κ2) is 9.54. The van der Waals surface area contributed by atoms with E-state index in [0.29, 0.717) is 36.5 Å². The Morgan fingerprint density at radius 2 is 1.90 bits per heavy atom. The maximum absolute atomic E-state index is 13.2. The van der Waals surface area contributed by atoms with E-state index >= 15 is 0 Å². The van der Waals surface area contributed by atoms with Crippen molar-refractivity contribution in [3.8, 4) is 11.5 Å². The van der Waals surface area contributed by atoms with Gasteiger partial charge >= 0.3 is 0 Å². The zero-order valence-corrected chi connectivity index (χ0v) is 16.8. The van der Waals surface area contributed by atoms with Crippen LogP contribution in [0.2, 0.25) is 0 Å². The highest BCUT2D eigenvalue weighted by Gasteiger charge is 2.29. The van der Waals surface area contributed by atoms with Crippen molar-refractivity contribution in [2.45, 2.75) is 38.6 Å². The van der Waals surface area contributed by atoms with E-state index in [2.05, 4.69) is 0 Å². The van der Waals surface area contributed by atoms with Gasteiger partial charge in [-0.15, -0.1) is 0 Å². The van der Waals surface area contributed by atoms with Crippen LogP contribution in [0.1, 0.15) is 54.6 Å². The summed E-state index contributed by atoms with van der Waals surface area (Å²) < 4.78 is 24.2. The molecule has 0 radical (unpaired) electrons. The molecule has 1 fully saturated rings. The number of hydrogen-bond acceptors (Lipinski definition) is 4. The van der Waals surface area contributed by atoms with Gasteiger partial charge in [0.1, 0.15) is 5.82 Å². The summed E-state index contributed by atoms with van der Waals surface area (Å²) in [6.45, 7) is 2.59. The minimum atomic E-state index is -0.270. The number of Topliss-reactive ketones (excluding diaryl/α,β-unsaturated/α-hetero) is 1. The summed E-state index contributed by atoms with van der Waals surface area (Å²) >= 11 is 0. The lowest BCUT2D eigenvalue weighted by Gasteiger charge is -2.25. The van der Waals surface area contributed by atoms with Gasteiger partial charge in [-0.1, -0.05) is 12.1 Å². The van der Waals surface area contributed by atoms with Gasteiger partial charge in [0.25, 0.3) is 0 Å². The van der Waals surface area contributed by atoms with Crippen molar-refractivity contribution in [3.05, 3.63) is 59.4 Å². The van der Waals surface area contributed by atoms with Crippen LogP contribution in [0.15, 0.2) is 42.5 Å². The highest BCUT2D eigenvalue weighted by molar-refractivity contribution is 5.94. The molecule has 1 aliphatic rings. The third-order valence-corrected chi connectivity index (χ3v) is 5.19. The number of ketones is 1. The first-order valence-electron chi connectivity index (χ1n) is 9.86. The third kappa shape index (κ3) is 5.13. The normalized spacial score (nSPS) is 16.0. The van der Waals surface area contributed by atoms with Crippen molar-refractivity contribution in [3.63, 3.8) is 0 Å². The van der Waals surface area contributed by atoms with E-state index in [1.807, 2.05) is 4.90 Å². The largest absolute Gasteiger partial charge is 0.493 e. The van der Waals surface area contributed by atoms with E-state index in [0.717, 1.165) is 24.9 Å². The number of ether oxygens (including phenoxy) is 2. The number of carbonyl (C=O) groups is 2. The maximum atomic E-state index is 13.2. The molecule has 1 aliphatic heterocycles. The van der Waals surface area contributed by atoms with Gasteiger partial charge in [-0.3, -0.25) is 9.59 Å². The molecule has 6 heteroatoms. The summed E-state index contributed by atoms with van der Waals surface area (Å²) in [7, 11) is 1.53. The molecule has 2 aromatic rings. The lowest BCUT2D eigenvalue weighted by molar-refractivity contribution is -0.132. The third-order valence-electron chi connectivity index (χ3n) is 5.19. The summed E-state index contributed by atoms with van der Waals surface area (Å²) in [4.78, 5) is 26.0. The molecule has 1 heterocycles. The number of benzene rings is 2. The van der Waals surface area contributed by atoms with Gasteiger partial charge in [0.15, 0.2) is 17.3 Å². The number of nitrogens with zero attached hydrogens (tertiary/aromatic N) is 1. The number of methoxy groups -OCH3 is 1. The SMILES string of the molecule is COc1cc(C(C)=O)ccc1OCCCC(=O)N1CCC[C@@H]1c1ccc(F)cc1. The quantitative estimate of drug-likeness (QED) is 0.482. The molecule has 2 aromatic carbocycles. The highest BCUT2D eigenvalue weighted by atomic mass is 19.1. The van der Waals surface area contributed by atoms with E-state index in [1.54, 1.807) is 30.3 Å². The van der Waals surface area contributed by atoms with Crippen LogP contribution in [-0.4, -0.2) is 36.9 Å². The van der Waals surface area contributed by atoms with Crippen LogP contribution >= 0.6 is 0 Å². The summed E-state index contributed by atoms with van der Waals surface area (Å²) in [5, 5.41) is 0. The molecule has 0 N–H and O–H groups in total. The molecule has 29 heavy (non-hydrogen) atoms. The molecule has 0 bridgehead atoms. The van der Waals surface area contributed by atoms with Crippen molar-refractivity contribution in [1.29, 1.82) is 0 Å². The number of hydrogen-bond donors (Lipinski definition) is 0. The van der Waals surface area contributed by atoms with Crippen LogP contribution in [0.25, 0.3) is 0 Å². The van der Waals surface area contributed by atoms with Crippen LogP contribution in [-0.2, 0) is 4.79 Å². The van der Waals surface area contributed by atoms with Gasteiger partial charge in [-0.2, -0.15) is 0 Å². The van der Waals surface area contributed by atoms with Gasteiger partial charge < -0.3 is 14.4 Å². The Morgan fingerprint density at radius 3 is 2.59 bits per heavy atom. The smallest absolute Gasteiger partial charge is 0.223 e. The summed E-state index contributed by atoms with van der Waals surface area (Å²) in [5.74, 6) is 0.824. The molecule has 0 aromatic heterocycles. The Labute approximate surface area is 170 Å². The van der Waals surface area contributed by atoms with Gasteiger partial charge in [-0.05, 0) is 62.1 Å². The fourth-order valence-corrected chi connectivity index (χ4v) is 3.65. The lowest BCUT2D eigenvalue weighted by Crippen LogP contribution is -2.30. The lowest BCUT2D eigenvalue weighted by atomic mass is 10.0. The van der Waals surface area contributed by atoms with Crippen LogP contribution in [0.4, 0.5) is 4.39 Å². The first-order chi connectivity index (χ1) is 14.0. The number of likely N-dealkylation sites (tertiary alicyclic amines) is 1. The zero-order valence-electron chi connectivity index (χ0n) is 16.8. The molecule has 5 nitrogen and oxygen atoms in total. The standard InChI is InChI=1S/C23H26FNO4/c1-16(26)18-9-12-21(22(15-18)28-2)29-14-4-6-23(27)25-13-3-5-20(25)17-7-10-19(24)11-8-17/h7-12,15,20H,3-6,13-14H2,1-2H3/t20-/m1/s1. The van der Waals surface area contributed by atoms with Gasteiger partial charge in [-0.25, -0.2) is 4.39 Å². The molecule has 3 rings (SSSR count). The fraction of sp³-hybridized carbons (Fsp3) is 0.391. The fourth-order valence-electron chi connectivity index (χ4n) is 3.65. The average molecular weight is 399 g/mol. The van der Waals surface area contributed by atoms with E-state index in [1.165, 1.54) is 26.2 Å². The van der Waals surface area contributed by atoms with Crippen LogP contribution in [0.3, 0.4) is 0 Å². The monoisotopic (exact) mass is 399 g/mol. The molecule has 0 spiro atoms. The van der Waals surface area contributed by atoms with E-state index in [4.69, 9.17) is 9.47 Å². The average Bonchev–Trinajstić information content (AvgIpc) is 3.21. The molecule has 1 saturated heterocycles. The molecule has 0 unspecified atom stereocenters. The zero-order chi connectivity index (χ0) is 20.8. The molecular formula is C23H26FNO4. The van der Waals surface area contributed by atoms with Crippen LogP contribution < -0.4 is 9.47 Å².